The second kappa shape index (κ2) is 5.97. The molecule has 6 heteroatoms. The normalized spacial score (nSPS) is 19.1. The minimum absolute atomic E-state index is 0.0203. The zero-order valence-electron chi connectivity index (χ0n) is 10.7. The largest absolute Gasteiger partial charge is 0.395 e. The summed E-state index contributed by atoms with van der Waals surface area (Å²) in [5, 5.41) is 12.5. The van der Waals surface area contributed by atoms with E-state index in [1.54, 1.807) is 19.4 Å². The first kappa shape index (κ1) is 13.0. The molecule has 1 aromatic heterocycles. The third kappa shape index (κ3) is 2.88. The standard InChI is InChI=1S/C12H20N4O2/c1-15-6-5-14-11(12(15)18)16(7-8-17)9-10-3-2-4-13-10/h5-6,10,13,17H,2-4,7-9H2,1H3. The second-order valence-corrected chi connectivity index (χ2v) is 4.63. The van der Waals surface area contributed by atoms with Crippen molar-refractivity contribution in [2.45, 2.75) is 18.9 Å². The third-order valence-corrected chi connectivity index (χ3v) is 3.27. The number of hydrogen-bond acceptors (Lipinski definition) is 5. The summed E-state index contributed by atoms with van der Waals surface area (Å²) in [6.07, 6.45) is 5.52. The molecule has 0 spiro atoms. The molecule has 6 nitrogen and oxygen atoms in total. The average Bonchev–Trinajstić information content (AvgIpc) is 2.85. The lowest BCUT2D eigenvalue weighted by Gasteiger charge is -2.25. The SMILES string of the molecule is Cn1ccnc(N(CCO)CC2CCCN2)c1=O. The van der Waals surface area contributed by atoms with Gasteiger partial charge in [0.1, 0.15) is 0 Å². The van der Waals surface area contributed by atoms with E-state index in [9.17, 15) is 4.79 Å². The maximum Gasteiger partial charge on any atom is 0.293 e. The fourth-order valence-electron chi connectivity index (χ4n) is 2.28. The second-order valence-electron chi connectivity index (χ2n) is 4.63. The summed E-state index contributed by atoms with van der Waals surface area (Å²) in [5.74, 6) is 0.419. The Kier molecular flexibility index (Phi) is 4.33. The van der Waals surface area contributed by atoms with Crippen LogP contribution >= 0.6 is 0 Å². The van der Waals surface area contributed by atoms with Crippen LogP contribution in [0.4, 0.5) is 5.82 Å². The van der Waals surface area contributed by atoms with E-state index in [0.29, 0.717) is 24.9 Å². The molecule has 0 saturated carbocycles. The zero-order chi connectivity index (χ0) is 13.0. The van der Waals surface area contributed by atoms with Gasteiger partial charge < -0.3 is 19.9 Å². The van der Waals surface area contributed by atoms with Crippen LogP contribution in [0.2, 0.25) is 0 Å². The summed E-state index contributed by atoms with van der Waals surface area (Å²) in [6.45, 7) is 2.20. The third-order valence-electron chi connectivity index (χ3n) is 3.27. The molecule has 2 rings (SSSR count). The average molecular weight is 252 g/mol. The van der Waals surface area contributed by atoms with Gasteiger partial charge in [-0.3, -0.25) is 4.79 Å². The summed E-state index contributed by atoms with van der Waals surface area (Å²) < 4.78 is 1.51. The van der Waals surface area contributed by atoms with Gasteiger partial charge in [0.15, 0.2) is 5.82 Å². The number of nitrogens with one attached hydrogen (secondary N) is 1. The highest BCUT2D eigenvalue weighted by Gasteiger charge is 2.20. The van der Waals surface area contributed by atoms with Crippen molar-refractivity contribution in [3.63, 3.8) is 0 Å². The fraction of sp³-hybridized carbons (Fsp3) is 0.667. The first-order valence-corrected chi connectivity index (χ1v) is 6.33. The predicted octanol–water partition coefficient (Wildman–Crippen LogP) is -0.669. The molecule has 1 saturated heterocycles. The van der Waals surface area contributed by atoms with Gasteiger partial charge in [-0.25, -0.2) is 4.98 Å². The maximum atomic E-state index is 12.0. The van der Waals surface area contributed by atoms with E-state index < -0.39 is 0 Å². The number of aliphatic hydroxyl groups is 1. The summed E-state index contributed by atoms with van der Waals surface area (Å²) in [4.78, 5) is 18.0. The Labute approximate surface area is 106 Å². The van der Waals surface area contributed by atoms with Crippen LogP contribution in [0.25, 0.3) is 0 Å². The lowest BCUT2D eigenvalue weighted by molar-refractivity contribution is 0.300. The molecule has 18 heavy (non-hydrogen) atoms. The molecule has 2 heterocycles. The Morgan fingerprint density at radius 3 is 3.17 bits per heavy atom. The Morgan fingerprint density at radius 2 is 2.50 bits per heavy atom. The van der Waals surface area contributed by atoms with E-state index in [1.807, 2.05) is 4.90 Å². The lowest BCUT2D eigenvalue weighted by atomic mass is 10.2. The highest BCUT2D eigenvalue weighted by molar-refractivity contribution is 5.36. The number of aliphatic hydroxyl groups excluding tert-OH is 1. The van der Waals surface area contributed by atoms with E-state index in [4.69, 9.17) is 5.11 Å². The van der Waals surface area contributed by atoms with Crippen LogP contribution < -0.4 is 15.8 Å². The van der Waals surface area contributed by atoms with Crippen LogP contribution in [0.1, 0.15) is 12.8 Å². The highest BCUT2D eigenvalue weighted by Crippen LogP contribution is 2.10. The first-order valence-electron chi connectivity index (χ1n) is 6.33. The molecule has 1 unspecified atom stereocenters. The molecule has 0 radical (unpaired) electrons. The van der Waals surface area contributed by atoms with Crippen molar-refractivity contribution in [3.05, 3.63) is 22.7 Å². The Hall–Kier alpha value is -1.40. The van der Waals surface area contributed by atoms with Crippen LogP contribution in [0.15, 0.2) is 17.2 Å². The molecule has 1 atom stereocenters. The van der Waals surface area contributed by atoms with Crippen LogP contribution in [-0.2, 0) is 7.05 Å². The fourth-order valence-corrected chi connectivity index (χ4v) is 2.28. The summed E-state index contributed by atoms with van der Waals surface area (Å²) in [7, 11) is 1.71. The molecule has 1 fully saturated rings. The number of nitrogens with zero attached hydrogens (tertiary/aromatic N) is 3. The molecular formula is C12H20N4O2. The first-order chi connectivity index (χ1) is 8.72. The maximum absolute atomic E-state index is 12.0. The number of aryl methyl sites for hydroxylation is 1. The summed E-state index contributed by atoms with van der Waals surface area (Å²) >= 11 is 0. The van der Waals surface area contributed by atoms with Gasteiger partial charge in [-0.05, 0) is 19.4 Å². The molecule has 1 aliphatic heterocycles. The van der Waals surface area contributed by atoms with Crippen molar-refractivity contribution >= 4 is 5.82 Å². The molecule has 1 aromatic rings. The Balaban J connectivity index is 2.17. The quantitative estimate of drug-likeness (QED) is 0.727. The van der Waals surface area contributed by atoms with Gasteiger partial charge in [-0.1, -0.05) is 0 Å². The van der Waals surface area contributed by atoms with Crippen LogP contribution in [-0.4, -0.2) is 46.9 Å². The van der Waals surface area contributed by atoms with Gasteiger partial charge in [0.2, 0.25) is 0 Å². The molecule has 1 aliphatic rings. The molecule has 0 aliphatic carbocycles. The van der Waals surface area contributed by atoms with Crippen molar-refractivity contribution in [1.82, 2.24) is 14.9 Å². The minimum atomic E-state index is -0.121. The predicted molar refractivity (Wildman–Crippen MR) is 69.8 cm³/mol. The molecule has 2 N–H and O–H groups in total. The van der Waals surface area contributed by atoms with E-state index in [1.165, 1.54) is 4.57 Å². The summed E-state index contributed by atoms with van der Waals surface area (Å²) in [5.41, 5.74) is -0.121. The van der Waals surface area contributed by atoms with Crippen molar-refractivity contribution in [2.75, 3.05) is 31.1 Å². The Morgan fingerprint density at radius 1 is 1.67 bits per heavy atom. The lowest BCUT2D eigenvalue weighted by Crippen LogP contribution is -2.42. The van der Waals surface area contributed by atoms with E-state index >= 15 is 0 Å². The van der Waals surface area contributed by atoms with E-state index in [-0.39, 0.29) is 12.2 Å². The Bertz CT molecular complexity index is 440. The van der Waals surface area contributed by atoms with Crippen LogP contribution in [0, 0.1) is 0 Å². The van der Waals surface area contributed by atoms with Gasteiger partial charge in [0.25, 0.3) is 5.56 Å². The molecule has 100 valence electrons. The highest BCUT2D eigenvalue weighted by atomic mass is 16.3. The smallest absolute Gasteiger partial charge is 0.293 e. The van der Waals surface area contributed by atoms with Gasteiger partial charge in [0, 0.05) is 38.6 Å². The number of rotatable bonds is 5. The molecular weight excluding hydrogens is 232 g/mol. The van der Waals surface area contributed by atoms with Gasteiger partial charge in [-0.2, -0.15) is 0 Å². The number of aromatic nitrogens is 2. The van der Waals surface area contributed by atoms with Crippen molar-refractivity contribution < 1.29 is 5.11 Å². The van der Waals surface area contributed by atoms with Crippen LogP contribution in [0.5, 0.6) is 0 Å². The molecule has 0 amide bonds. The van der Waals surface area contributed by atoms with Crippen molar-refractivity contribution in [1.29, 1.82) is 0 Å². The van der Waals surface area contributed by atoms with Gasteiger partial charge >= 0.3 is 0 Å². The number of anilines is 1. The van der Waals surface area contributed by atoms with Crippen molar-refractivity contribution in [2.24, 2.45) is 7.05 Å². The molecule has 0 bridgehead atoms. The van der Waals surface area contributed by atoms with Gasteiger partial charge in [0.05, 0.1) is 6.61 Å². The summed E-state index contributed by atoms with van der Waals surface area (Å²) in [6, 6.07) is 0.378. The minimum Gasteiger partial charge on any atom is -0.395 e. The van der Waals surface area contributed by atoms with Gasteiger partial charge in [-0.15, -0.1) is 0 Å². The van der Waals surface area contributed by atoms with E-state index in [2.05, 4.69) is 10.3 Å². The van der Waals surface area contributed by atoms with E-state index in [0.717, 1.165) is 19.4 Å². The van der Waals surface area contributed by atoms with Crippen molar-refractivity contribution in [3.8, 4) is 0 Å². The number of hydrogen-bond donors (Lipinski definition) is 2. The molecule has 0 aromatic carbocycles. The topological polar surface area (TPSA) is 70.4 Å². The monoisotopic (exact) mass is 252 g/mol. The zero-order valence-corrected chi connectivity index (χ0v) is 10.7. The van der Waals surface area contributed by atoms with Crippen LogP contribution in [0.3, 0.4) is 0 Å².